The maximum atomic E-state index is 8.09. The van der Waals surface area contributed by atoms with Crippen molar-refractivity contribution in [3.05, 3.63) is 0 Å². The first-order valence-corrected chi connectivity index (χ1v) is 4.38. The highest BCUT2D eigenvalue weighted by atomic mass is 28.3. The lowest BCUT2D eigenvalue weighted by atomic mass is 11.7. The summed E-state index contributed by atoms with van der Waals surface area (Å²) in [6.45, 7) is 0. The van der Waals surface area contributed by atoms with E-state index in [1.54, 1.807) is 0 Å². The summed E-state index contributed by atoms with van der Waals surface area (Å²) in [5.41, 5.74) is 0. The van der Waals surface area contributed by atoms with E-state index in [1.165, 1.54) is 0 Å². The van der Waals surface area contributed by atoms with Gasteiger partial charge >= 0.3 is 0 Å². The molecule has 32 valence electrons. The number of aliphatic hydroxyl groups is 1. The third-order valence-corrected chi connectivity index (χ3v) is 2.59. The molecular formula is CH9NOSi2. The van der Waals surface area contributed by atoms with Crippen molar-refractivity contribution in [3.63, 3.8) is 0 Å². The number of hydrogen-bond acceptors (Lipinski definition) is 2. The van der Waals surface area contributed by atoms with Crippen molar-refractivity contribution >= 4 is 20.1 Å². The normalized spacial score (nSPS) is 11.4. The van der Waals surface area contributed by atoms with E-state index in [4.69, 9.17) is 5.11 Å². The molecule has 4 heteroatoms. The van der Waals surface area contributed by atoms with E-state index in [0.717, 1.165) is 10.4 Å². The molecule has 0 amide bonds. The van der Waals surface area contributed by atoms with Gasteiger partial charge < -0.3 is 9.75 Å². The van der Waals surface area contributed by atoms with Crippen LogP contribution in [-0.2, 0) is 0 Å². The summed E-state index contributed by atoms with van der Waals surface area (Å²) in [4.78, 5) is 0. The van der Waals surface area contributed by atoms with Crippen molar-refractivity contribution in [2.24, 2.45) is 0 Å². The van der Waals surface area contributed by atoms with E-state index < -0.39 is 0 Å². The number of nitrogens with one attached hydrogen (secondary N) is 1. The zero-order valence-electron chi connectivity index (χ0n) is 3.36. The molecule has 2 nitrogen and oxygen atoms in total. The first-order valence-electron chi connectivity index (χ1n) is 1.67. The number of rotatable bonds is 2. The Labute approximate surface area is 37.0 Å². The van der Waals surface area contributed by atoms with E-state index >= 15 is 0 Å². The molecule has 0 aliphatic carbocycles. The monoisotopic (exact) mass is 107 g/mol. The van der Waals surface area contributed by atoms with Gasteiger partial charge in [-0.3, -0.25) is 0 Å². The highest BCUT2D eigenvalue weighted by Gasteiger charge is 1.68. The van der Waals surface area contributed by atoms with Gasteiger partial charge in [-0.25, -0.2) is 0 Å². The van der Waals surface area contributed by atoms with Crippen LogP contribution in [0.5, 0.6) is 0 Å². The summed E-state index contributed by atoms with van der Waals surface area (Å²) in [6.07, 6.45) is 0.406. The molecule has 0 unspecified atom stereocenters. The van der Waals surface area contributed by atoms with Crippen molar-refractivity contribution in [3.8, 4) is 0 Å². The van der Waals surface area contributed by atoms with Gasteiger partial charge in [0.1, 0.15) is 9.68 Å². The van der Waals surface area contributed by atoms with Gasteiger partial charge in [0.15, 0.2) is 0 Å². The lowest BCUT2D eigenvalue weighted by Crippen LogP contribution is -2.17. The van der Waals surface area contributed by atoms with Gasteiger partial charge in [-0.15, -0.1) is 0 Å². The fourth-order valence-corrected chi connectivity index (χ4v) is 1.01. The first kappa shape index (κ1) is 5.35. The molecule has 0 saturated heterocycles. The molecule has 0 saturated carbocycles. The molecule has 5 heavy (non-hydrogen) atoms. The van der Waals surface area contributed by atoms with E-state index in [2.05, 4.69) is 4.65 Å². The van der Waals surface area contributed by atoms with Crippen molar-refractivity contribution < 1.29 is 5.11 Å². The van der Waals surface area contributed by atoms with Crippen molar-refractivity contribution in [2.75, 3.05) is 6.23 Å². The zero-order chi connectivity index (χ0) is 4.12. The molecule has 0 fully saturated rings. The molecule has 0 bridgehead atoms. The summed E-state index contributed by atoms with van der Waals surface area (Å²) in [7, 11) is 0.850. The Morgan fingerprint density at radius 3 is 2.60 bits per heavy atom. The minimum atomic E-state index is -0.201. The Balaban J connectivity index is 2.19. The predicted octanol–water partition coefficient (Wildman–Crippen LogP) is -3.11. The van der Waals surface area contributed by atoms with Crippen LogP contribution in [0.25, 0.3) is 0 Å². The molecule has 0 atom stereocenters. The van der Waals surface area contributed by atoms with Crippen LogP contribution in [0.1, 0.15) is 0 Å². The Morgan fingerprint density at radius 2 is 2.60 bits per heavy atom. The topological polar surface area (TPSA) is 32.3 Å². The SMILES string of the molecule is OC[SiH2]N[SiH3]. The standard InChI is InChI=1S/CH9NOSi2/c3-1-5-2-4/h2-3H,1,5H2,4H3. The van der Waals surface area contributed by atoms with Crippen LogP contribution in [-0.4, -0.2) is 31.4 Å². The lowest BCUT2D eigenvalue weighted by molar-refractivity contribution is 0.365. The maximum absolute atomic E-state index is 8.09. The third-order valence-electron chi connectivity index (χ3n) is 0.362. The maximum Gasteiger partial charge on any atom is 0.113 e. The average molecular weight is 107 g/mol. The van der Waals surface area contributed by atoms with Crippen molar-refractivity contribution in [1.29, 1.82) is 0 Å². The minimum absolute atomic E-state index is 0.201. The summed E-state index contributed by atoms with van der Waals surface area (Å²) in [5.74, 6) is 0. The van der Waals surface area contributed by atoms with Crippen LogP contribution in [0, 0.1) is 0 Å². The quantitative estimate of drug-likeness (QED) is 0.366. The second kappa shape index (κ2) is 4.35. The Hall–Kier alpha value is 0.354. The number of aliphatic hydroxyl groups excluding tert-OH is 1. The smallest absolute Gasteiger partial charge is 0.113 e. The van der Waals surface area contributed by atoms with Crippen molar-refractivity contribution in [2.45, 2.75) is 0 Å². The van der Waals surface area contributed by atoms with Crippen LogP contribution < -0.4 is 4.65 Å². The molecule has 0 aliphatic heterocycles. The Morgan fingerprint density at radius 1 is 2.00 bits per heavy atom. The van der Waals surface area contributed by atoms with Crippen LogP contribution in [0.2, 0.25) is 0 Å². The zero-order valence-corrected chi connectivity index (χ0v) is 6.78. The summed E-state index contributed by atoms with van der Waals surface area (Å²) >= 11 is 0. The molecule has 0 heterocycles. The third kappa shape index (κ3) is 4.35. The highest BCUT2D eigenvalue weighted by Crippen LogP contribution is 1.35. The minimum Gasteiger partial charge on any atom is -0.399 e. The summed E-state index contributed by atoms with van der Waals surface area (Å²) < 4.78 is 3.05. The largest absolute Gasteiger partial charge is 0.399 e. The van der Waals surface area contributed by atoms with Gasteiger partial charge in [-0.1, -0.05) is 0 Å². The van der Waals surface area contributed by atoms with Gasteiger partial charge in [0, 0.05) is 6.23 Å². The van der Waals surface area contributed by atoms with Crippen LogP contribution in [0.15, 0.2) is 0 Å². The van der Waals surface area contributed by atoms with Gasteiger partial charge in [0.05, 0.1) is 10.4 Å². The molecule has 0 spiro atoms. The molecule has 0 aliphatic rings. The average Bonchev–Trinajstić information content (AvgIpc) is 1.41. The summed E-state index contributed by atoms with van der Waals surface area (Å²) in [5, 5.41) is 8.09. The molecule has 2 N–H and O–H groups in total. The molecule has 0 aromatic heterocycles. The highest BCUT2D eigenvalue weighted by molar-refractivity contribution is 6.41. The van der Waals surface area contributed by atoms with E-state index in [0.29, 0.717) is 6.23 Å². The van der Waals surface area contributed by atoms with Crippen LogP contribution in [0.4, 0.5) is 0 Å². The van der Waals surface area contributed by atoms with Gasteiger partial charge in [-0.05, 0) is 0 Å². The fraction of sp³-hybridized carbons (Fsp3) is 1.00. The Bertz CT molecular complexity index is 17.1. The second-order valence-corrected chi connectivity index (χ2v) is 4.60. The molecule has 0 radical (unpaired) electrons. The van der Waals surface area contributed by atoms with Gasteiger partial charge in [0.2, 0.25) is 0 Å². The van der Waals surface area contributed by atoms with Crippen LogP contribution >= 0.6 is 0 Å². The fourth-order valence-electron chi connectivity index (χ4n) is 0.112. The first-order chi connectivity index (χ1) is 2.41. The van der Waals surface area contributed by atoms with E-state index in [-0.39, 0.29) is 9.68 Å². The number of hydrogen-bond donors (Lipinski definition) is 2. The second-order valence-electron chi connectivity index (χ2n) is 0.827. The predicted molar refractivity (Wildman–Crippen MR) is 28.7 cm³/mol. The van der Waals surface area contributed by atoms with Gasteiger partial charge in [0.25, 0.3) is 0 Å². The molecule has 0 rings (SSSR count). The van der Waals surface area contributed by atoms with E-state index in [9.17, 15) is 0 Å². The molecule has 0 aromatic rings. The molecular weight excluding hydrogens is 98.2 g/mol. The van der Waals surface area contributed by atoms with E-state index in [1.807, 2.05) is 0 Å². The van der Waals surface area contributed by atoms with Crippen molar-refractivity contribution in [1.82, 2.24) is 4.65 Å². The Kier molecular flexibility index (Phi) is 4.66. The van der Waals surface area contributed by atoms with Gasteiger partial charge in [-0.2, -0.15) is 0 Å². The molecule has 0 aromatic carbocycles. The van der Waals surface area contributed by atoms with Crippen LogP contribution in [0.3, 0.4) is 0 Å². The lowest BCUT2D eigenvalue weighted by Gasteiger charge is -1.82. The summed E-state index contributed by atoms with van der Waals surface area (Å²) in [6, 6.07) is 0.